The second kappa shape index (κ2) is 7.83. The average Bonchev–Trinajstić information content (AvgIpc) is 3.00. The first kappa shape index (κ1) is 17.7. The minimum absolute atomic E-state index is 0.271. The SMILES string of the molecule is C=CCO/N=C(/C)c1cc(-c2ccccc2)n(-c2ccccc2F)c1C. The Hall–Kier alpha value is -3.14. The maximum absolute atomic E-state index is 14.5. The number of nitrogens with zero attached hydrogens (tertiary/aromatic N) is 2. The number of oxime groups is 1. The molecule has 2 aromatic carbocycles. The van der Waals surface area contributed by atoms with Crippen LogP contribution >= 0.6 is 0 Å². The summed E-state index contributed by atoms with van der Waals surface area (Å²) in [5.41, 5.74) is 4.96. The van der Waals surface area contributed by atoms with E-state index in [4.69, 9.17) is 4.84 Å². The van der Waals surface area contributed by atoms with Crippen molar-refractivity contribution in [2.45, 2.75) is 13.8 Å². The summed E-state index contributed by atoms with van der Waals surface area (Å²) in [5, 5.41) is 4.15. The molecule has 0 atom stereocenters. The van der Waals surface area contributed by atoms with Gasteiger partial charge in [0.1, 0.15) is 12.4 Å². The van der Waals surface area contributed by atoms with E-state index >= 15 is 0 Å². The number of rotatable bonds is 6. The lowest BCUT2D eigenvalue weighted by Crippen LogP contribution is -2.04. The summed E-state index contributed by atoms with van der Waals surface area (Å²) in [6.07, 6.45) is 1.64. The standard InChI is InChI=1S/C22H21FN2O/c1-4-14-26-24-16(2)19-15-22(18-10-6-5-7-11-18)25(17(19)3)21-13-9-8-12-20(21)23/h4-13,15H,1,14H2,2-3H3/b24-16-. The lowest BCUT2D eigenvalue weighted by molar-refractivity contribution is 0.175. The highest BCUT2D eigenvalue weighted by atomic mass is 19.1. The van der Waals surface area contributed by atoms with Gasteiger partial charge in [0.05, 0.1) is 17.1 Å². The summed E-state index contributed by atoms with van der Waals surface area (Å²) in [5.74, 6) is -0.271. The third-order valence-corrected chi connectivity index (χ3v) is 4.19. The van der Waals surface area contributed by atoms with Crippen molar-refractivity contribution in [3.05, 3.63) is 90.4 Å². The van der Waals surface area contributed by atoms with Crippen molar-refractivity contribution in [1.82, 2.24) is 4.57 Å². The summed E-state index contributed by atoms with van der Waals surface area (Å²) in [4.78, 5) is 5.22. The maximum atomic E-state index is 14.5. The van der Waals surface area contributed by atoms with Crippen LogP contribution in [0.4, 0.5) is 4.39 Å². The van der Waals surface area contributed by atoms with Gasteiger partial charge in [-0.1, -0.05) is 60.3 Å². The molecule has 1 heterocycles. The fourth-order valence-electron chi connectivity index (χ4n) is 2.97. The van der Waals surface area contributed by atoms with Crippen molar-refractivity contribution in [3.8, 4) is 16.9 Å². The van der Waals surface area contributed by atoms with E-state index in [1.54, 1.807) is 18.2 Å². The number of para-hydroxylation sites is 1. The lowest BCUT2D eigenvalue weighted by atomic mass is 10.1. The number of benzene rings is 2. The second-order valence-electron chi connectivity index (χ2n) is 5.94. The van der Waals surface area contributed by atoms with Crippen LogP contribution < -0.4 is 0 Å². The normalized spacial score (nSPS) is 11.4. The van der Waals surface area contributed by atoms with Crippen molar-refractivity contribution in [1.29, 1.82) is 0 Å². The number of aromatic nitrogens is 1. The smallest absolute Gasteiger partial charge is 0.147 e. The quantitative estimate of drug-likeness (QED) is 0.249. The zero-order chi connectivity index (χ0) is 18.5. The van der Waals surface area contributed by atoms with E-state index in [1.165, 1.54) is 6.07 Å². The monoisotopic (exact) mass is 348 g/mol. The highest BCUT2D eigenvalue weighted by molar-refractivity contribution is 6.01. The van der Waals surface area contributed by atoms with Gasteiger partial charge in [-0.25, -0.2) is 4.39 Å². The zero-order valence-electron chi connectivity index (χ0n) is 14.9. The minimum atomic E-state index is -0.271. The van der Waals surface area contributed by atoms with E-state index in [9.17, 15) is 4.39 Å². The summed E-state index contributed by atoms with van der Waals surface area (Å²) in [6.45, 7) is 7.80. The largest absolute Gasteiger partial charge is 0.391 e. The molecule has 0 unspecified atom stereocenters. The van der Waals surface area contributed by atoms with Gasteiger partial charge in [-0.15, -0.1) is 0 Å². The molecule has 0 amide bonds. The third kappa shape index (κ3) is 3.45. The third-order valence-electron chi connectivity index (χ3n) is 4.19. The van der Waals surface area contributed by atoms with E-state index in [0.29, 0.717) is 12.3 Å². The molecule has 3 rings (SSSR count). The van der Waals surface area contributed by atoms with E-state index in [-0.39, 0.29) is 5.82 Å². The number of hydrogen-bond acceptors (Lipinski definition) is 2. The van der Waals surface area contributed by atoms with Crippen LogP contribution in [0.3, 0.4) is 0 Å². The van der Waals surface area contributed by atoms with Crippen LogP contribution in [0.5, 0.6) is 0 Å². The Bertz CT molecular complexity index is 942. The molecule has 3 nitrogen and oxygen atoms in total. The highest BCUT2D eigenvalue weighted by Crippen LogP contribution is 2.30. The van der Waals surface area contributed by atoms with Gasteiger partial charge in [0.25, 0.3) is 0 Å². The molecule has 0 spiro atoms. The van der Waals surface area contributed by atoms with Crippen molar-refractivity contribution >= 4 is 5.71 Å². The Balaban J connectivity index is 2.20. The molecule has 132 valence electrons. The number of hydrogen-bond donors (Lipinski definition) is 0. The van der Waals surface area contributed by atoms with Gasteiger partial charge >= 0.3 is 0 Å². The molecular weight excluding hydrogens is 327 g/mol. The molecule has 4 heteroatoms. The van der Waals surface area contributed by atoms with Gasteiger partial charge in [0.2, 0.25) is 0 Å². The fourth-order valence-corrected chi connectivity index (χ4v) is 2.97. The Labute approximate surface area is 153 Å². The summed E-state index contributed by atoms with van der Waals surface area (Å²) >= 11 is 0. The van der Waals surface area contributed by atoms with Crippen LogP contribution in [0.15, 0.2) is 78.5 Å². The first-order chi connectivity index (χ1) is 12.6. The van der Waals surface area contributed by atoms with Crippen molar-refractivity contribution in [2.24, 2.45) is 5.16 Å². The van der Waals surface area contributed by atoms with Crippen molar-refractivity contribution in [3.63, 3.8) is 0 Å². The predicted molar refractivity (Wildman–Crippen MR) is 104 cm³/mol. The van der Waals surface area contributed by atoms with Crippen molar-refractivity contribution < 1.29 is 9.23 Å². The summed E-state index contributed by atoms with van der Waals surface area (Å²) < 4.78 is 16.4. The van der Waals surface area contributed by atoms with Crippen molar-refractivity contribution in [2.75, 3.05) is 6.61 Å². The first-order valence-corrected chi connectivity index (χ1v) is 8.44. The molecule has 0 fully saturated rings. The zero-order valence-corrected chi connectivity index (χ0v) is 14.9. The van der Waals surface area contributed by atoms with Gasteiger partial charge in [0.15, 0.2) is 0 Å². The summed E-state index contributed by atoms with van der Waals surface area (Å²) in [7, 11) is 0. The molecule has 0 N–H and O–H groups in total. The maximum Gasteiger partial charge on any atom is 0.147 e. The topological polar surface area (TPSA) is 26.5 Å². The molecule has 0 saturated heterocycles. The van der Waals surface area contributed by atoms with E-state index in [0.717, 1.165) is 28.2 Å². The molecule has 0 aliphatic carbocycles. The first-order valence-electron chi connectivity index (χ1n) is 8.44. The molecule has 0 radical (unpaired) electrons. The Morgan fingerprint density at radius 1 is 1.15 bits per heavy atom. The summed E-state index contributed by atoms with van der Waals surface area (Å²) in [6, 6.07) is 18.7. The van der Waals surface area contributed by atoms with Gasteiger partial charge in [0, 0.05) is 11.3 Å². The number of halogens is 1. The van der Waals surface area contributed by atoms with Crippen LogP contribution in [-0.2, 0) is 4.84 Å². The van der Waals surface area contributed by atoms with Crippen LogP contribution in [0.2, 0.25) is 0 Å². The average molecular weight is 348 g/mol. The molecule has 1 aromatic heterocycles. The van der Waals surface area contributed by atoms with Crippen LogP contribution in [0.25, 0.3) is 16.9 Å². The molecule has 0 bridgehead atoms. The van der Waals surface area contributed by atoms with Crippen LogP contribution in [0.1, 0.15) is 18.2 Å². The van der Waals surface area contributed by atoms with Crippen LogP contribution in [-0.4, -0.2) is 16.9 Å². The van der Waals surface area contributed by atoms with Gasteiger partial charge < -0.3 is 9.40 Å². The molecule has 0 saturated carbocycles. The highest BCUT2D eigenvalue weighted by Gasteiger charge is 2.18. The second-order valence-corrected chi connectivity index (χ2v) is 5.94. The van der Waals surface area contributed by atoms with Gasteiger partial charge in [-0.2, -0.15) is 0 Å². The predicted octanol–water partition coefficient (Wildman–Crippen LogP) is 5.52. The Morgan fingerprint density at radius 3 is 2.54 bits per heavy atom. The Kier molecular flexibility index (Phi) is 5.32. The van der Waals surface area contributed by atoms with E-state index in [1.807, 2.05) is 60.9 Å². The fraction of sp³-hybridized carbons (Fsp3) is 0.136. The van der Waals surface area contributed by atoms with Gasteiger partial charge in [-0.05, 0) is 37.6 Å². The van der Waals surface area contributed by atoms with E-state index < -0.39 is 0 Å². The Morgan fingerprint density at radius 2 is 1.85 bits per heavy atom. The van der Waals surface area contributed by atoms with Crippen LogP contribution in [0, 0.1) is 12.7 Å². The molecule has 3 aromatic rings. The molecule has 0 aliphatic rings. The molecule has 26 heavy (non-hydrogen) atoms. The van der Waals surface area contributed by atoms with Gasteiger partial charge in [-0.3, -0.25) is 0 Å². The molecule has 0 aliphatic heterocycles. The lowest BCUT2D eigenvalue weighted by Gasteiger charge is -2.13. The minimum Gasteiger partial charge on any atom is -0.391 e. The van der Waals surface area contributed by atoms with E-state index in [2.05, 4.69) is 11.7 Å². The molecular formula is C22H21FN2O.